The lowest BCUT2D eigenvalue weighted by atomic mass is 10.3. The first kappa shape index (κ1) is 8.05. The Morgan fingerprint density at radius 1 is 1.55 bits per heavy atom. The normalized spacial score (nSPS) is 9.91. The molecule has 0 atom stereocenters. The molecule has 0 unspecified atom stereocenters. The smallest absolute Gasteiger partial charge is 0.191 e. The van der Waals surface area contributed by atoms with Crippen molar-refractivity contribution < 1.29 is 4.57 Å². The van der Waals surface area contributed by atoms with E-state index in [1.165, 1.54) is 12.8 Å². The number of pyridine rings is 1. The Labute approximate surface area is 67.7 Å². The molecule has 0 aliphatic rings. The third-order valence-corrected chi connectivity index (χ3v) is 1.65. The van der Waals surface area contributed by atoms with Crippen LogP contribution in [0, 0.1) is 0 Å². The minimum Gasteiger partial charge on any atom is -0.394 e. The molecular formula is C9H15N2+. The standard InChI is InChI=1S/C9H15N2/c1-2-3-6-11-7-4-5-9(10)8-11/h4-5,7-8H,2-3,6,10H2,1H3/q+1. The molecule has 0 saturated heterocycles. The SMILES string of the molecule is CCCC[n+]1cccc(N)c1. The van der Waals surface area contributed by atoms with E-state index in [0.29, 0.717) is 0 Å². The van der Waals surface area contributed by atoms with Crippen LogP contribution in [-0.2, 0) is 6.54 Å². The number of nitrogens with two attached hydrogens (primary N) is 1. The van der Waals surface area contributed by atoms with E-state index in [1.807, 2.05) is 24.5 Å². The van der Waals surface area contributed by atoms with Crippen LogP contribution in [-0.4, -0.2) is 0 Å². The summed E-state index contributed by atoms with van der Waals surface area (Å²) in [5.41, 5.74) is 6.45. The van der Waals surface area contributed by atoms with Crippen molar-refractivity contribution in [2.24, 2.45) is 0 Å². The van der Waals surface area contributed by atoms with Crippen molar-refractivity contribution in [3.63, 3.8) is 0 Å². The van der Waals surface area contributed by atoms with Gasteiger partial charge in [-0.15, -0.1) is 0 Å². The fourth-order valence-electron chi connectivity index (χ4n) is 1.02. The van der Waals surface area contributed by atoms with Crippen molar-refractivity contribution in [2.45, 2.75) is 26.3 Å². The molecule has 1 aromatic heterocycles. The van der Waals surface area contributed by atoms with E-state index in [9.17, 15) is 0 Å². The third kappa shape index (κ3) is 2.58. The molecule has 0 amide bonds. The highest BCUT2D eigenvalue weighted by Gasteiger charge is 1.97. The summed E-state index contributed by atoms with van der Waals surface area (Å²) < 4.78 is 2.12. The first-order valence-electron chi connectivity index (χ1n) is 4.07. The molecule has 1 rings (SSSR count). The van der Waals surface area contributed by atoms with Gasteiger partial charge in [0.15, 0.2) is 12.4 Å². The Kier molecular flexibility index (Phi) is 2.90. The van der Waals surface area contributed by atoms with Crippen LogP contribution in [0.15, 0.2) is 24.5 Å². The lowest BCUT2D eigenvalue weighted by Crippen LogP contribution is -2.32. The van der Waals surface area contributed by atoms with Gasteiger partial charge < -0.3 is 5.73 Å². The highest BCUT2D eigenvalue weighted by molar-refractivity contribution is 5.30. The predicted octanol–water partition coefficient (Wildman–Crippen LogP) is 1.36. The molecule has 0 saturated carbocycles. The average molecular weight is 151 g/mol. The Morgan fingerprint density at radius 2 is 2.36 bits per heavy atom. The van der Waals surface area contributed by atoms with E-state index in [4.69, 9.17) is 5.73 Å². The third-order valence-electron chi connectivity index (χ3n) is 1.65. The van der Waals surface area contributed by atoms with Gasteiger partial charge in [-0.25, -0.2) is 4.57 Å². The number of hydrogen-bond acceptors (Lipinski definition) is 1. The second-order valence-electron chi connectivity index (χ2n) is 2.73. The number of rotatable bonds is 3. The molecule has 60 valence electrons. The van der Waals surface area contributed by atoms with E-state index >= 15 is 0 Å². The van der Waals surface area contributed by atoms with Gasteiger partial charge in [-0.05, 0) is 6.07 Å². The fraction of sp³-hybridized carbons (Fsp3) is 0.444. The molecule has 0 radical (unpaired) electrons. The topological polar surface area (TPSA) is 29.9 Å². The molecule has 0 aliphatic heterocycles. The molecule has 1 heterocycles. The largest absolute Gasteiger partial charge is 0.394 e. The number of aryl methyl sites for hydroxylation is 1. The maximum Gasteiger partial charge on any atom is 0.191 e. The number of nitrogen functional groups attached to an aromatic ring is 1. The molecule has 0 bridgehead atoms. The van der Waals surface area contributed by atoms with Gasteiger partial charge in [-0.3, -0.25) is 0 Å². The maximum atomic E-state index is 5.61. The van der Waals surface area contributed by atoms with E-state index in [0.717, 1.165) is 12.2 Å². The number of nitrogens with zero attached hydrogens (tertiary/aromatic N) is 1. The molecule has 2 heteroatoms. The van der Waals surface area contributed by atoms with Crippen molar-refractivity contribution >= 4 is 5.69 Å². The van der Waals surface area contributed by atoms with Crippen LogP contribution in [0.4, 0.5) is 5.69 Å². The van der Waals surface area contributed by atoms with Gasteiger partial charge in [-0.1, -0.05) is 13.3 Å². The van der Waals surface area contributed by atoms with Gasteiger partial charge in [0, 0.05) is 12.5 Å². The zero-order valence-corrected chi connectivity index (χ0v) is 6.96. The zero-order chi connectivity index (χ0) is 8.10. The van der Waals surface area contributed by atoms with Crippen molar-refractivity contribution in [2.75, 3.05) is 5.73 Å². The molecule has 0 fully saturated rings. The highest BCUT2D eigenvalue weighted by atomic mass is 14.9. The summed E-state index contributed by atoms with van der Waals surface area (Å²) in [6.07, 6.45) is 6.46. The monoisotopic (exact) mass is 151 g/mol. The summed E-state index contributed by atoms with van der Waals surface area (Å²) in [6, 6.07) is 3.88. The zero-order valence-electron chi connectivity index (χ0n) is 6.96. The maximum absolute atomic E-state index is 5.61. The summed E-state index contributed by atoms with van der Waals surface area (Å²) in [5.74, 6) is 0. The Bertz CT molecular complexity index is 221. The van der Waals surface area contributed by atoms with Crippen LogP contribution < -0.4 is 10.3 Å². The Morgan fingerprint density at radius 3 is 3.00 bits per heavy atom. The van der Waals surface area contributed by atoms with Crippen LogP contribution in [0.1, 0.15) is 19.8 Å². The first-order valence-corrected chi connectivity index (χ1v) is 4.07. The summed E-state index contributed by atoms with van der Waals surface area (Å²) in [6.45, 7) is 3.26. The molecule has 0 aromatic carbocycles. The molecule has 11 heavy (non-hydrogen) atoms. The van der Waals surface area contributed by atoms with Crippen LogP contribution in [0.3, 0.4) is 0 Å². The van der Waals surface area contributed by atoms with Gasteiger partial charge in [-0.2, -0.15) is 0 Å². The number of hydrogen-bond donors (Lipinski definition) is 1. The van der Waals surface area contributed by atoms with Gasteiger partial charge in [0.1, 0.15) is 6.54 Å². The van der Waals surface area contributed by atoms with Crippen LogP contribution in [0.2, 0.25) is 0 Å². The van der Waals surface area contributed by atoms with Crippen LogP contribution in [0.25, 0.3) is 0 Å². The predicted molar refractivity (Wildman–Crippen MR) is 46.0 cm³/mol. The second-order valence-corrected chi connectivity index (χ2v) is 2.73. The van der Waals surface area contributed by atoms with E-state index in [-0.39, 0.29) is 0 Å². The molecule has 1 aromatic rings. The number of unbranched alkanes of at least 4 members (excludes halogenated alkanes) is 1. The number of aromatic nitrogens is 1. The van der Waals surface area contributed by atoms with Crippen molar-refractivity contribution in [3.05, 3.63) is 24.5 Å². The Hall–Kier alpha value is -1.05. The van der Waals surface area contributed by atoms with E-state index in [2.05, 4.69) is 11.5 Å². The summed E-state index contributed by atoms with van der Waals surface area (Å²) in [5, 5.41) is 0. The molecule has 0 spiro atoms. The van der Waals surface area contributed by atoms with Gasteiger partial charge >= 0.3 is 0 Å². The van der Waals surface area contributed by atoms with Gasteiger partial charge in [0.2, 0.25) is 0 Å². The van der Waals surface area contributed by atoms with Crippen molar-refractivity contribution in [1.82, 2.24) is 0 Å². The van der Waals surface area contributed by atoms with E-state index in [1.54, 1.807) is 0 Å². The van der Waals surface area contributed by atoms with E-state index < -0.39 is 0 Å². The molecule has 0 aliphatic carbocycles. The minimum atomic E-state index is 0.837. The summed E-state index contributed by atoms with van der Waals surface area (Å²) in [4.78, 5) is 0. The molecule has 2 nitrogen and oxygen atoms in total. The van der Waals surface area contributed by atoms with Gasteiger partial charge in [0.05, 0.1) is 5.69 Å². The van der Waals surface area contributed by atoms with Crippen LogP contribution >= 0.6 is 0 Å². The summed E-state index contributed by atoms with van der Waals surface area (Å²) >= 11 is 0. The lowest BCUT2D eigenvalue weighted by Gasteiger charge is -1.94. The van der Waals surface area contributed by atoms with Gasteiger partial charge in [0.25, 0.3) is 0 Å². The Balaban J connectivity index is 2.56. The average Bonchev–Trinajstić information content (AvgIpc) is 2.01. The molecule has 2 N–H and O–H groups in total. The minimum absolute atomic E-state index is 0.837. The second kappa shape index (κ2) is 3.96. The first-order chi connectivity index (χ1) is 5.33. The van der Waals surface area contributed by atoms with Crippen molar-refractivity contribution in [3.8, 4) is 0 Å². The molecular weight excluding hydrogens is 136 g/mol. The van der Waals surface area contributed by atoms with Crippen molar-refractivity contribution in [1.29, 1.82) is 0 Å². The summed E-state index contributed by atoms with van der Waals surface area (Å²) in [7, 11) is 0. The lowest BCUT2D eigenvalue weighted by molar-refractivity contribution is -0.696. The fourth-order valence-corrected chi connectivity index (χ4v) is 1.02. The number of anilines is 1. The van der Waals surface area contributed by atoms with Crippen LogP contribution in [0.5, 0.6) is 0 Å². The highest BCUT2D eigenvalue weighted by Crippen LogP contribution is 1.94. The quantitative estimate of drug-likeness (QED) is 0.649.